The summed E-state index contributed by atoms with van der Waals surface area (Å²) in [6.45, 7) is 0. The Morgan fingerprint density at radius 1 is 1.00 bits per heavy atom. The quantitative estimate of drug-likeness (QED) is 0.684. The molecule has 2 atom stereocenters. The van der Waals surface area contributed by atoms with Crippen LogP contribution >= 0.6 is 11.8 Å². The average Bonchev–Trinajstić information content (AvgIpc) is 3.19. The van der Waals surface area contributed by atoms with Crippen LogP contribution in [0.5, 0.6) is 0 Å². The number of hydrogen-bond donors (Lipinski definition) is 0. The van der Waals surface area contributed by atoms with Gasteiger partial charge in [0.15, 0.2) is 0 Å². The average molecular weight is 379 g/mol. The van der Waals surface area contributed by atoms with Gasteiger partial charge in [-0.3, -0.25) is 19.4 Å². The minimum atomic E-state index is -0.475. The van der Waals surface area contributed by atoms with Crippen LogP contribution in [-0.4, -0.2) is 46.7 Å². The number of aromatic nitrogens is 1. The lowest BCUT2D eigenvalue weighted by molar-refractivity contribution is -0.125. The van der Waals surface area contributed by atoms with Crippen molar-refractivity contribution in [3.63, 3.8) is 0 Å². The topological polar surface area (TPSA) is 45.6 Å². The molecule has 2 heterocycles. The third kappa shape index (κ3) is 2.95. The molecule has 27 heavy (non-hydrogen) atoms. The molecule has 0 saturated carbocycles. The molecule has 4 rings (SSSR count). The fourth-order valence-electron chi connectivity index (χ4n) is 3.68. The van der Waals surface area contributed by atoms with E-state index in [1.165, 1.54) is 10.5 Å². The van der Waals surface area contributed by atoms with E-state index >= 15 is 0 Å². The van der Waals surface area contributed by atoms with E-state index < -0.39 is 5.25 Å². The lowest BCUT2D eigenvalue weighted by Crippen LogP contribution is -2.26. The molecule has 0 N–H and O–H groups in total. The number of nitrogens with zero attached hydrogens (tertiary/aromatic N) is 3. The Hall–Kier alpha value is -2.57. The highest BCUT2D eigenvalue weighted by Gasteiger charge is 2.39. The van der Waals surface area contributed by atoms with E-state index in [1.807, 2.05) is 36.4 Å². The summed E-state index contributed by atoms with van der Waals surface area (Å²) in [6, 6.07) is 18.3. The number of carbonyl (C=O) groups is 2. The fraction of sp³-hybridized carbons (Fsp3) is 0.238. The van der Waals surface area contributed by atoms with Crippen LogP contribution in [-0.2, 0) is 4.79 Å². The van der Waals surface area contributed by atoms with Crippen LogP contribution in [0.15, 0.2) is 60.8 Å². The highest BCUT2D eigenvalue weighted by Crippen LogP contribution is 2.42. The third-order valence-electron chi connectivity index (χ3n) is 4.98. The van der Waals surface area contributed by atoms with E-state index in [4.69, 9.17) is 0 Å². The lowest BCUT2D eigenvalue weighted by atomic mass is 10.1. The van der Waals surface area contributed by atoms with Crippen molar-refractivity contribution < 1.29 is 9.59 Å². The molecular formula is C21H21N3O2S. The molecule has 0 bridgehead atoms. The SMILES string of the molecule is CN1C(=O)SC(c2cccc3c2ccn3C(c2ccccc2)N(C)C)C1=O. The summed E-state index contributed by atoms with van der Waals surface area (Å²) < 4.78 is 2.21. The molecule has 5 nitrogen and oxygen atoms in total. The largest absolute Gasteiger partial charge is 0.327 e. The monoisotopic (exact) mass is 379 g/mol. The first-order valence-corrected chi connectivity index (χ1v) is 9.66. The van der Waals surface area contributed by atoms with Gasteiger partial charge in [0.1, 0.15) is 11.4 Å². The predicted octanol–water partition coefficient (Wildman–Crippen LogP) is 4.12. The molecule has 138 valence electrons. The normalized spacial score (nSPS) is 18.7. The Balaban J connectivity index is 1.83. The van der Waals surface area contributed by atoms with Gasteiger partial charge in [-0.25, -0.2) is 0 Å². The second-order valence-corrected chi connectivity index (χ2v) is 7.97. The second-order valence-electron chi connectivity index (χ2n) is 6.91. The summed E-state index contributed by atoms with van der Waals surface area (Å²) in [5, 5.41) is 0.336. The van der Waals surface area contributed by atoms with Crippen molar-refractivity contribution in [1.82, 2.24) is 14.4 Å². The second kappa shape index (κ2) is 6.87. The first-order valence-electron chi connectivity index (χ1n) is 8.78. The molecule has 0 radical (unpaired) electrons. The molecule has 0 spiro atoms. The smallest absolute Gasteiger partial charge is 0.289 e. The predicted molar refractivity (Wildman–Crippen MR) is 109 cm³/mol. The fourth-order valence-corrected chi connectivity index (χ4v) is 4.72. The van der Waals surface area contributed by atoms with Crippen LogP contribution in [0.25, 0.3) is 10.9 Å². The van der Waals surface area contributed by atoms with E-state index in [0.717, 1.165) is 28.2 Å². The molecular weight excluding hydrogens is 358 g/mol. The van der Waals surface area contributed by atoms with Crippen LogP contribution in [0.1, 0.15) is 22.5 Å². The molecule has 3 aromatic rings. The minimum Gasteiger partial charge on any atom is -0.327 e. The zero-order valence-corrected chi connectivity index (χ0v) is 16.3. The van der Waals surface area contributed by atoms with Crippen molar-refractivity contribution in [1.29, 1.82) is 0 Å². The summed E-state index contributed by atoms with van der Waals surface area (Å²) in [5.41, 5.74) is 3.13. The summed E-state index contributed by atoms with van der Waals surface area (Å²) in [7, 11) is 5.65. The zero-order valence-electron chi connectivity index (χ0n) is 15.5. The van der Waals surface area contributed by atoms with Crippen molar-refractivity contribution in [2.75, 3.05) is 21.1 Å². The molecule has 2 amide bonds. The van der Waals surface area contributed by atoms with Crippen molar-refractivity contribution >= 4 is 33.8 Å². The van der Waals surface area contributed by atoms with Gasteiger partial charge in [-0.1, -0.05) is 42.5 Å². The van der Waals surface area contributed by atoms with Gasteiger partial charge < -0.3 is 4.57 Å². The molecule has 1 fully saturated rings. The lowest BCUT2D eigenvalue weighted by Gasteiger charge is -2.27. The van der Waals surface area contributed by atoms with E-state index in [2.05, 4.69) is 48.0 Å². The molecule has 2 aromatic carbocycles. The number of benzene rings is 2. The Bertz CT molecular complexity index is 1010. The number of likely N-dealkylation sites (N-methyl/N-ethyl adjacent to an activating group) is 1. The number of carbonyl (C=O) groups excluding carboxylic acids is 2. The van der Waals surface area contributed by atoms with Gasteiger partial charge in [0.25, 0.3) is 5.24 Å². The van der Waals surface area contributed by atoms with Gasteiger partial charge in [-0.2, -0.15) is 0 Å². The van der Waals surface area contributed by atoms with E-state index in [0.29, 0.717) is 0 Å². The maximum absolute atomic E-state index is 12.5. The molecule has 1 aliphatic heterocycles. The van der Waals surface area contributed by atoms with Crippen LogP contribution in [0.2, 0.25) is 0 Å². The van der Waals surface area contributed by atoms with E-state index in [9.17, 15) is 9.59 Å². The van der Waals surface area contributed by atoms with Crippen molar-refractivity contribution in [3.8, 4) is 0 Å². The number of rotatable bonds is 4. The third-order valence-corrected chi connectivity index (χ3v) is 6.14. The van der Waals surface area contributed by atoms with Gasteiger partial charge in [-0.05, 0) is 49.1 Å². The summed E-state index contributed by atoms with van der Waals surface area (Å²) in [6.07, 6.45) is 2.09. The van der Waals surface area contributed by atoms with Crippen LogP contribution in [0.3, 0.4) is 0 Å². The van der Waals surface area contributed by atoms with Gasteiger partial charge >= 0.3 is 0 Å². The molecule has 1 aromatic heterocycles. The molecule has 1 saturated heterocycles. The Kier molecular flexibility index (Phi) is 4.53. The zero-order chi connectivity index (χ0) is 19.1. The number of hydrogen-bond acceptors (Lipinski definition) is 4. The maximum atomic E-state index is 12.5. The van der Waals surface area contributed by atoms with Crippen LogP contribution in [0.4, 0.5) is 4.79 Å². The highest BCUT2D eigenvalue weighted by molar-refractivity contribution is 8.15. The summed E-state index contributed by atoms with van der Waals surface area (Å²) >= 11 is 1.09. The van der Waals surface area contributed by atoms with Crippen LogP contribution < -0.4 is 0 Å². The highest BCUT2D eigenvalue weighted by atomic mass is 32.2. The summed E-state index contributed by atoms with van der Waals surface area (Å²) in [4.78, 5) is 27.8. The summed E-state index contributed by atoms with van der Waals surface area (Å²) in [5.74, 6) is -0.155. The van der Waals surface area contributed by atoms with Gasteiger partial charge in [0.2, 0.25) is 5.91 Å². The first kappa shape index (κ1) is 17.8. The van der Waals surface area contributed by atoms with Gasteiger partial charge in [-0.15, -0.1) is 0 Å². The van der Waals surface area contributed by atoms with Crippen molar-refractivity contribution in [2.24, 2.45) is 0 Å². The van der Waals surface area contributed by atoms with Crippen molar-refractivity contribution in [3.05, 3.63) is 71.9 Å². The Morgan fingerprint density at radius 2 is 1.74 bits per heavy atom. The Labute approximate surface area is 162 Å². The minimum absolute atomic E-state index is 0.0372. The van der Waals surface area contributed by atoms with E-state index in [1.54, 1.807) is 7.05 Å². The number of thioether (sulfide) groups is 1. The van der Waals surface area contributed by atoms with E-state index in [-0.39, 0.29) is 17.3 Å². The van der Waals surface area contributed by atoms with Gasteiger partial charge in [0, 0.05) is 24.1 Å². The molecule has 2 unspecified atom stereocenters. The van der Waals surface area contributed by atoms with Crippen molar-refractivity contribution in [2.45, 2.75) is 11.4 Å². The number of fused-ring (bicyclic) bond motifs is 1. The number of imide groups is 1. The molecule has 0 aliphatic carbocycles. The molecule has 1 aliphatic rings. The van der Waals surface area contributed by atoms with Gasteiger partial charge in [0.05, 0.1) is 0 Å². The van der Waals surface area contributed by atoms with Crippen LogP contribution in [0, 0.1) is 0 Å². The number of amides is 2. The maximum Gasteiger partial charge on any atom is 0.289 e. The standard InChI is InChI=1S/C21H21N3O2S/c1-22(2)19(14-8-5-4-6-9-14)24-13-12-15-16(10-7-11-17(15)24)18-20(25)23(3)21(26)27-18/h4-13,18-19H,1-3H3. The molecule has 6 heteroatoms. The Morgan fingerprint density at radius 3 is 2.37 bits per heavy atom. The first-order chi connectivity index (χ1) is 13.0.